The summed E-state index contributed by atoms with van der Waals surface area (Å²) < 4.78 is 16.0. The van der Waals surface area contributed by atoms with Crippen LogP contribution in [0.1, 0.15) is 59.9 Å². The standard InChI is InChI=1S/C26H36N2O6/c1-14(2)22(25(31)34-26(5,6)7)28-23(29)19-15(3)27-16(4)20(24(30)33-9)21(19)17-11-10-12-18(13-17)32-8/h10-14,20-22H,1-9H3,(H,28,29). The molecule has 0 bridgehead atoms. The summed E-state index contributed by atoms with van der Waals surface area (Å²) >= 11 is 0. The van der Waals surface area contributed by atoms with Crippen molar-refractivity contribution in [2.24, 2.45) is 16.8 Å². The lowest BCUT2D eigenvalue weighted by Crippen LogP contribution is -2.49. The third kappa shape index (κ3) is 6.24. The molecular formula is C26H36N2O6. The summed E-state index contributed by atoms with van der Waals surface area (Å²) in [6, 6.07) is 6.32. The minimum absolute atomic E-state index is 0.222. The fourth-order valence-corrected chi connectivity index (χ4v) is 4.04. The largest absolute Gasteiger partial charge is 0.497 e. The second-order valence-electron chi connectivity index (χ2n) is 9.74. The van der Waals surface area contributed by atoms with E-state index < -0.39 is 41.3 Å². The lowest BCUT2D eigenvalue weighted by atomic mass is 9.75. The van der Waals surface area contributed by atoms with Crippen molar-refractivity contribution in [1.29, 1.82) is 0 Å². The number of carbonyl (C=O) groups excluding carboxylic acids is 3. The number of nitrogens with one attached hydrogen (secondary N) is 1. The van der Waals surface area contributed by atoms with Crippen LogP contribution >= 0.6 is 0 Å². The third-order valence-electron chi connectivity index (χ3n) is 5.59. The smallest absolute Gasteiger partial charge is 0.329 e. The molecule has 1 N–H and O–H groups in total. The molecule has 3 atom stereocenters. The minimum atomic E-state index is -0.874. The van der Waals surface area contributed by atoms with Gasteiger partial charge in [-0.1, -0.05) is 26.0 Å². The maximum Gasteiger partial charge on any atom is 0.329 e. The Kier molecular flexibility index (Phi) is 8.64. The number of allylic oxidation sites excluding steroid dienone is 1. The van der Waals surface area contributed by atoms with E-state index in [-0.39, 0.29) is 5.92 Å². The van der Waals surface area contributed by atoms with E-state index in [1.54, 1.807) is 59.9 Å². The molecule has 0 spiro atoms. The maximum atomic E-state index is 13.7. The Morgan fingerprint density at radius 1 is 1.09 bits per heavy atom. The normalized spacial score (nSPS) is 19.3. The van der Waals surface area contributed by atoms with Crippen LogP contribution in [0.5, 0.6) is 5.75 Å². The summed E-state index contributed by atoms with van der Waals surface area (Å²) in [4.78, 5) is 43.8. The van der Waals surface area contributed by atoms with Gasteiger partial charge in [0.1, 0.15) is 23.3 Å². The lowest BCUT2D eigenvalue weighted by Gasteiger charge is -2.33. The van der Waals surface area contributed by atoms with Crippen molar-refractivity contribution in [3.8, 4) is 5.75 Å². The molecule has 0 aliphatic carbocycles. The Balaban J connectivity index is 2.57. The van der Waals surface area contributed by atoms with Gasteiger partial charge >= 0.3 is 11.9 Å². The Hall–Kier alpha value is -3.16. The van der Waals surface area contributed by atoms with Gasteiger partial charge in [-0.15, -0.1) is 0 Å². The number of benzene rings is 1. The highest BCUT2D eigenvalue weighted by Crippen LogP contribution is 2.40. The van der Waals surface area contributed by atoms with E-state index in [1.165, 1.54) is 7.11 Å². The molecule has 0 saturated heterocycles. The first kappa shape index (κ1) is 27.1. The fraction of sp³-hybridized carbons (Fsp3) is 0.538. The van der Waals surface area contributed by atoms with Gasteiger partial charge in [0.25, 0.3) is 0 Å². The van der Waals surface area contributed by atoms with Gasteiger partial charge in [-0.3, -0.25) is 14.6 Å². The van der Waals surface area contributed by atoms with Crippen LogP contribution in [0.25, 0.3) is 0 Å². The summed E-state index contributed by atoms with van der Waals surface area (Å²) in [6.07, 6.45) is 0. The predicted octanol–water partition coefficient (Wildman–Crippen LogP) is 3.80. The molecule has 1 heterocycles. The molecule has 0 radical (unpaired) electrons. The van der Waals surface area contributed by atoms with Gasteiger partial charge in [-0.25, -0.2) is 4.79 Å². The Morgan fingerprint density at radius 2 is 1.74 bits per heavy atom. The van der Waals surface area contributed by atoms with Gasteiger partial charge in [-0.2, -0.15) is 0 Å². The quantitative estimate of drug-likeness (QED) is 0.606. The molecule has 1 aromatic carbocycles. The molecule has 1 aliphatic heterocycles. The molecule has 34 heavy (non-hydrogen) atoms. The highest BCUT2D eigenvalue weighted by Gasteiger charge is 2.42. The van der Waals surface area contributed by atoms with Crippen LogP contribution in [0.2, 0.25) is 0 Å². The van der Waals surface area contributed by atoms with Gasteiger partial charge in [0, 0.05) is 22.9 Å². The van der Waals surface area contributed by atoms with Gasteiger partial charge in [0.2, 0.25) is 5.91 Å². The van der Waals surface area contributed by atoms with Gasteiger partial charge < -0.3 is 19.5 Å². The van der Waals surface area contributed by atoms with E-state index in [1.807, 2.05) is 19.9 Å². The molecule has 2 rings (SSSR count). The van der Waals surface area contributed by atoms with Crippen LogP contribution < -0.4 is 10.1 Å². The number of hydrogen-bond donors (Lipinski definition) is 1. The first-order valence-electron chi connectivity index (χ1n) is 11.3. The van der Waals surface area contributed by atoms with E-state index in [2.05, 4.69) is 10.3 Å². The van der Waals surface area contributed by atoms with Crippen molar-refractivity contribution in [1.82, 2.24) is 5.32 Å². The second-order valence-corrected chi connectivity index (χ2v) is 9.74. The maximum absolute atomic E-state index is 13.7. The van der Waals surface area contributed by atoms with Gasteiger partial charge in [0.15, 0.2) is 0 Å². The van der Waals surface area contributed by atoms with Crippen LogP contribution in [0.15, 0.2) is 40.5 Å². The highest BCUT2D eigenvalue weighted by molar-refractivity contribution is 6.08. The zero-order valence-electron chi connectivity index (χ0n) is 21.5. The average molecular weight is 473 g/mol. The number of aliphatic imine (C=N–C) groups is 1. The number of rotatable bonds is 7. The summed E-state index contributed by atoms with van der Waals surface area (Å²) in [7, 11) is 2.85. The number of nitrogens with zero attached hydrogens (tertiary/aromatic N) is 1. The number of amides is 1. The molecule has 8 heteroatoms. The summed E-state index contributed by atoms with van der Waals surface area (Å²) in [5.41, 5.74) is 1.31. The van der Waals surface area contributed by atoms with Gasteiger partial charge in [-0.05, 0) is 58.2 Å². The average Bonchev–Trinajstić information content (AvgIpc) is 2.74. The van der Waals surface area contributed by atoms with E-state index in [0.29, 0.717) is 28.3 Å². The van der Waals surface area contributed by atoms with Crippen LogP contribution in [-0.4, -0.2) is 49.4 Å². The fourth-order valence-electron chi connectivity index (χ4n) is 4.04. The van der Waals surface area contributed by atoms with Crippen molar-refractivity contribution in [3.63, 3.8) is 0 Å². The van der Waals surface area contributed by atoms with E-state index in [9.17, 15) is 14.4 Å². The molecule has 1 aromatic rings. The van der Waals surface area contributed by atoms with Crippen molar-refractivity contribution in [3.05, 3.63) is 41.1 Å². The first-order valence-corrected chi connectivity index (χ1v) is 11.3. The van der Waals surface area contributed by atoms with Crippen LogP contribution in [0.4, 0.5) is 0 Å². The first-order chi connectivity index (χ1) is 15.8. The molecule has 1 aliphatic rings. The minimum Gasteiger partial charge on any atom is -0.497 e. The number of hydrogen-bond acceptors (Lipinski definition) is 7. The Labute approximate surface area is 201 Å². The molecule has 186 valence electrons. The molecule has 0 saturated carbocycles. The van der Waals surface area contributed by atoms with Crippen molar-refractivity contribution in [2.75, 3.05) is 14.2 Å². The Bertz CT molecular complexity index is 1000. The topological polar surface area (TPSA) is 103 Å². The number of methoxy groups -OCH3 is 2. The van der Waals surface area contributed by atoms with Gasteiger partial charge in [0.05, 0.1) is 14.2 Å². The second kappa shape index (κ2) is 10.8. The van der Waals surface area contributed by atoms with Crippen LogP contribution in [0.3, 0.4) is 0 Å². The van der Waals surface area contributed by atoms with Crippen molar-refractivity contribution >= 4 is 23.6 Å². The highest BCUT2D eigenvalue weighted by atomic mass is 16.6. The molecule has 3 unspecified atom stereocenters. The number of carbonyl (C=O) groups is 3. The molecule has 0 aromatic heterocycles. The third-order valence-corrected chi connectivity index (χ3v) is 5.59. The van der Waals surface area contributed by atoms with E-state index in [0.717, 1.165) is 0 Å². The summed E-state index contributed by atoms with van der Waals surface area (Å²) in [6.45, 7) is 12.4. The van der Waals surface area contributed by atoms with E-state index in [4.69, 9.17) is 14.2 Å². The van der Waals surface area contributed by atoms with Crippen LogP contribution in [-0.2, 0) is 23.9 Å². The molecule has 0 fully saturated rings. The monoisotopic (exact) mass is 472 g/mol. The molecule has 1 amide bonds. The SMILES string of the molecule is COC(=O)C1C(C)=NC(C)=C(C(=O)NC(C(=O)OC(C)(C)C)C(C)C)C1c1cccc(OC)c1. The predicted molar refractivity (Wildman–Crippen MR) is 130 cm³/mol. The van der Waals surface area contributed by atoms with E-state index >= 15 is 0 Å². The zero-order chi connectivity index (χ0) is 25.8. The number of ether oxygens (including phenoxy) is 3. The lowest BCUT2D eigenvalue weighted by molar-refractivity contribution is -0.159. The Morgan fingerprint density at radius 3 is 2.26 bits per heavy atom. The summed E-state index contributed by atoms with van der Waals surface area (Å²) in [5.74, 6) is -2.62. The summed E-state index contributed by atoms with van der Waals surface area (Å²) in [5, 5.41) is 2.84. The molecular weight excluding hydrogens is 436 g/mol. The van der Waals surface area contributed by atoms with Crippen molar-refractivity contribution in [2.45, 2.75) is 66.0 Å². The molecule has 8 nitrogen and oxygen atoms in total. The van der Waals surface area contributed by atoms with Crippen LogP contribution in [0, 0.1) is 11.8 Å². The van der Waals surface area contributed by atoms with Crippen molar-refractivity contribution < 1.29 is 28.6 Å². The number of esters is 2. The zero-order valence-corrected chi connectivity index (χ0v) is 21.5.